The molecule has 2 rings (SSSR count). The standard InChI is InChI=1S/C13H11ClF3N3O/c14-10-3-1-9(2-4-10)12(21)18-6-8-20-7-5-11(19-20)13(15,16)17/h1-5,7H,6,8H2,(H,18,21). The highest BCUT2D eigenvalue weighted by Gasteiger charge is 2.33. The first-order valence-corrected chi connectivity index (χ1v) is 6.38. The van der Waals surface area contributed by atoms with Gasteiger partial charge in [-0.3, -0.25) is 9.48 Å². The summed E-state index contributed by atoms with van der Waals surface area (Å²) < 4.78 is 38.2. The van der Waals surface area contributed by atoms with Crippen LogP contribution in [0.1, 0.15) is 16.1 Å². The summed E-state index contributed by atoms with van der Waals surface area (Å²) >= 11 is 5.70. The molecule has 1 heterocycles. The second-order valence-electron chi connectivity index (χ2n) is 4.22. The summed E-state index contributed by atoms with van der Waals surface area (Å²) in [5, 5.41) is 6.49. The number of alkyl halides is 3. The fourth-order valence-corrected chi connectivity index (χ4v) is 1.75. The number of benzene rings is 1. The van der Waals surface area contributed by atoms with Gasteiger partial charge >= 0.3 is 6.18 Å². The van der Waals surface area contributed by atoms with Crippen molar-refractivity contribution in [2.24, 2.45) is 0 Å². The lowest BCUT2D eigenvalue weighted by Crippen LogP contribution is -2.27. The summed E-state index contributed by atoms with van der Waals surface area (Å²) in [6.45, 7) is 0.315. The molecule has 0 saturated heterocycles. The Labute approximate surface area is 123 Å². The molecule has 8 heteroatoms. The highest BCUT2D eigenvalue weighted by atomic mass is 35.5. The van der Waals surface area contributed by atoms with Crippen LogP contribution in [0.4, 0.5) is 13.2 Å². The number of aromatic nitrogens is 2. The zero-order valence-electron chi connectivity index (χ0n) is 10.7. The van der Waals surface area contributed by atoms with E-state index in [2.05, 4.69) is 10.4 Å². The van der Waals surface area contributed by atoms with Crippen molar-refractivity contribution in [1.82, 2.24) is 15.1 Å². The van der Waals surface area contributed by atoms with Crippen molar-refractivity contribution in [2.75, 3.05) is 6.54 Å². The Morgan fingerprint density at radius 1 is 1.24 bits per heavy atom. The largest absolute Gasteiger partial charge is 0.435 e. The van der Waals surface area contributed by atoms with Crippen LogP contribution in [0.2, 0.25) is 5.02 Å². The van der Waals surface area contributed by atoms with Crippen LogP contribution in [0.3, 0.4) is 0 Å². The van der Waals surface area contributed by atoms with Gasteiger partial charge in [0.1, 0.15) is 0 Å². The molecule has 21 heavy (non-hydrogen) atoms. The van der Waals surface area contributed by atoms with Crippen LogP contribution in [-0.4, -0.2) is 22.2 Å². The smallest absolute Gasteiger partial charge is 0.350 e. The maximum atomic E-state index is 12.3. The molecule has 1 amide bonds. The second kappa shape index (κ2) is 6.17. The highest BCUT2D eigenvalue weighted by Crippen LogP contribution is 2.27. The van der Waals surface area contributed by atoms with Crippen LogP contribution in [0.15, 0.2) is 36.5 Å². The van der Waals surface area contributed by atoms with E-state index in [1.54, 1.807) is 24.3 Å². The molecule has 0 aliphatic rings. The predicted octanol–water partition coefficient (Wildman–Crippen LogP) is 2.99. The van der Waals surface area contributed by atoms with E-state index in [0.717, 1.165) is 10.7 Å². The first-order chi connectivity index (χ1) is 9.86. The molecule has 1 aromatic heterocycles. The minimum absolute atomic E-state index is 0.148. The fourth-order valence-electron chi connectivity index (χ4n) is 1.62. The Balaban J connectivity index is 1.85. The molecule has 1 aromatic carbocycles. The number of carbonyl (C=O) groups excluding carboxylic acids is 1. The lowest BCUT2D eigenvalue weighted by molar-refractivity contribution is -0.141. The van der Waals surface area contributed by atoms with Crippen molar-refractivity contribution in [2.45, 2.75) is 12.7 Å². The predicted molar refractivity (Wildman–Crippen MR) is 71.0 cm³/mol. The van der Waals surface area contributed by atoms with Gasteiger partial charge in [0.25, 0.3) is 5.91 Å². The Morgan fingerprint density at radius 2 is 1.90 bits per heavy atom. The van der Waals surface area contributed by atoms with Crippen LogP contribution >= 0.6 is 11.6 Å². The topological polar surface area (TPSA) is 46.9 Å². The molecule has 0 bridgehead atoms. The van der Waals surface area contributed by atoms with Gasteiger partial charge in [-0.2, -0.15) is 18.3 Å². The highest BCUT2D eigenvalue weighted by molar-refractivity contribution is 6.30. The van der Waals surface area contributed by atoms with E-state index in [4.69, 9.17) is 11.6 Å². The first kappa shape index (κ1) is 15.4. The summed E-state index contributed by atoms with van der Waals surface area (Å²) in [6, 6.07) is 7.18. The molecular formula is C13H11ClF3N3O. The maximum Gasteiger partial charge on any atom is 0.435 e. The van der Waals surface area contributed by atoms with Gasteiger partial charge in [-0.05, 0) is 30.3 Å². The van der Waals surface area contributed by atoms with Gasteiger partial charge in [0.2, 0.25) is 0 Å². The number of rotatable bonds is 4. The van der Waals surface area contributed by atoms with Crippen molar-refractivity contribution >= 4 is 17.5 Å². The summed E-state index contributed by atoms with van der Waals surface area (Å²) in [6.07, 6.45) is -3.24. The molecule has 0 spiro atoms. The average molecular weight is 318 g/mol. The molecular weight excluding hydrogens is 307 g/mol. The Morgan fingerprint density at radius 3 is 2.48 bits per heavy atom. The third-order valence-corrected chi connectivity index (χ3v) is 2.92. The Hall–Kier alpha value is -2.02. The summed E-state index contributed by atoms with van der Waals surface area (Å²) in [5.41, 5.74) is -0.526. The fraction of sp³-hybridized carbons (Fsp3) is 0.231. The van der Waals surface area contributed by atoms with Gasteiger partial charge < -0.3 is 5.32 Å². The minimum Gasteiger partial charge on any atom is -0.350 e. The number of halogens is 4. The van der Waals surface area contributed by atoms with Gasteiger partial charge in [-0.1, -0.05) is 11.6 Å². The Bertz CT molecular complexity index is 622. The van der Waals surface area contributed by atoms with E-state index in [1.165, 1.54) is 6.20 Å². The third-order valence-electron chi connectivity index (χ3n) is 2.66. The molecule has 0 saturated carbocycles. The molecule has 4 nitrogen and oxygen atoms in total. The number of amides is 1. The lowest BCUT2D eigenvalue weighted by Gasteiger charge is -2.06. The maximum absolute atomic E-state index is 12.3. The van der Waals surface area contributed by atoms with Crippen LogP contribution in [0.25, 0.3) is 0 Å². The van der Waals surface area contributed by atoms with Crippen LogP contribution in [0.5, 0.6) is 0 Å². The molecule has 2 aromatic rings. The van der Waals surface area contributed by atoms with Gasteiger partial charge in [-0.15, -0.1) is 0 Å². The normalized spacial score (nSPS) is 11.4. The summed E-state index contributed by atoms with van der Waals surface area (Å²) in [4.78, 5) is 11.7. The van der Waals surface area contributed by atoms with Gasteiger partial charge in [0.15, 0.2) is 5.69 Å². The van der Waals surface area contributed by atoms with Crippen LogP contribution in [0, 0.1) is 0 Å². The van der Waals surface area contributed by atoms with Crippen molar-refractivity contribution in [3.8, 4) is 0 Å². The molecule has 0 fully saturated rings. The van der Waals surface area contributed by atoms with E-state index >= 15 is 0 Å². The first-order valence-electron chi connectivity index (χ1n) is 6.01. The molecule has 0 atom stereocenters. The van der Waals surface area contributed by atoms with Crippen molar-refractivity contribution < 1.29 is 18.0 Å². The van der Waals surface area contributed by atoms with E-state index in [0.29, 0.717) is 10.6 Å². The van der Waals surface area contributed by atoms with Crippen molar-refractivity contribution in [3.63, 3.8) is 0 Å². The quantitative estimate of drug-likeness (QED) is 0.942. The third kappa shape index (κ3) is 4.22. The number of nitrogens with one attached hydrogen (secondary N) is 1. The molecule has 112 valence electrons. The van der Waals surface area contributed by atoms with Gasteiger partial charge in [0, 0.05) is 23.3 Å². The number of nitrogens with zero attached hydrogens (tertiary/aromatic N) is 2. The number of hydrogen-bond acceptors (Lipinski definition) is 2. The molecule has 0 unspecified atom stereocenters. The zero-order valence-corrected chi connectivity index (χ0v) is 11.4. The lowest BCUT2D eigenvalue weighted by atomic mass is 10.2. The monoisotopic (exact) mass is 317 g/mol. The number of carbonyl (C=O) groups is 1. The van der Waals surface area contributed by atoms with Crippen LogP contribution in [-0.2, 0) is 12.7 Å². The summed E-state index contributed by atoms with van der Waals surface area (Å²) in [7, 11) is 0. The SMILES string of the molecule is O=C(NCCn1ccc(C(F)(F)F)n1)c1ccc(Cl)cc1. The van der Waals surface area contributed by atoms with E-state index in [9.17, 15) is 18.0 Å². The van der Waals surface area contributed by atoms with E-state index in [1.807, 2.05) is 0 Å². The van der Waals surface area contributed by atoms with E-state index < -0.39 is 11.9 Å². The van der Waals surface area contributed by atoms with E-state index in [-0.39, 0.29) is 19.0 Å². The van der Waals surface area contributed by atoms with Crippen LogP contribution < -0.4 is 5.32 Å². The molecule has 0 radical (unpaired) electrons. The van der Waals surface area contributed by atoms with Crippen molar-refractivity contribution in [3.05, 3.63) is 52.8 Å². The second-order valence-corrected chi connectivity index (χ2v) is 4.66. The van der Waals surface area contributed by atoms with Gasteiger partial charge in [0.05, 0.1) is 6.54 Å². The number of hydrogen-bond donors (Lipinski definition) is 1. The molecule has 0 aliphatic heterocycles. The minimum atomic E-state index is -4.46. The average Bonchev–Trinajstić information content (AvgIpc) is 2.88. The van der Waals surface area contributed by atoms with Gasteiger partial charge in [-0.25, -0.2) is 0 Å². The van der Waals surface area contributed by atoms with Crippen molar-refractivity contribution in [1.29, 1.82) is 0 Å². The Kier molecular flexibility index (Phi) is 4.52. The zero-order chi connectivity index (χ0) is 15.5. The molecule has 0 aliphatic carbocycles. The molecule has 1 N–H and O–H groups in total. The summed E-state index contributed by atoms with van der Waals surface area (Å²) in [5.74, 6) is -0.324.